The standard InChI is InChI=1S/C13H18N2S2/c1-10-11(2)17-13(15-10)6-8-14-7-5-12-4-3-9-16-12/h3-4,9,14H,5-8H2,1-2H3. The van der Waals surface area contributed by atoms with Crippen molar-refractivity contribution >= 4 is 22.7 Å². The molecule has 0 amide bonds. The highest BCUT2D eigenvalue weighted by molar-refractivity contribution is 7.11. The predicted octanol–water partition coefficient (Wildman–Crippen LogP) is 3.20. The quantitative estimate of drug-likeness (QED) is 0.812. The fourth-order valence-corrected chi connectivity index (χ4v) is 3.28. The van der Waals surface area contributed by atoms with Crippen molar-refractivity contribution in [3.63, 3.8) is 0 Å². The molecule has 2 rings (SSSR count). The molecule has 0 fully saturated rings. The fraction of sp³-hybridized carbons (Fsp3) is 0.462. The van der Waals surface area contributed by atoms with Gasteiger partial charge in [-0.05, 0) is 38.3 Å². The summed E-state index contributed by atoms with van der Waals surface area (Å²) in [7, 11) is 0. The third kappa shape index (κ3) is 3.91. The van der Waals surface area contributed by atoms with E-state index in [4.69, 9.17) is 0 Å². The molecule has 1 N–H and O–H groups in total. The van der Waals surface area contributed by atoms with Crippen LogP contribution in [-0.2, 0) is 12.8 Å². The first-order valence-electron chi connectivity index (χ1n) is 5.91. The van der Waals surface area contributed by atoms with Crippen LogP contribution in [0.3, 0.4) is 0 Å². The smallest absolute Gasteiger partial charge is 0.0943 e. The van der Waals surface area contributed by atoms with E-state index in [9.17, 15) is 0 Å². The molecule has 0 aliphatic rings. The topological polar surface area (TPSA) is 24.9 Å². The molecule has 0 unspecified atom stereocenters. The summed E-state index contributed by atoms with van der Waals surface area (Å²) >= 11 is 3.65. The van der Waals surface area contributed by atoms with Crippen LogP contribution in [0.25, 0.3) is 0 Å². The molecule has 0 atom stereocenters. The second-order valence-electron chi connectivity index (χ2n) is 4.08. The first-order chi connectivity index (χ1) is 8.25. The molecule has 0 aliphatic heterocycles. The summed E-state index contributed by atoms with van der Waals surface area (Å²) in [6.07, 6.45) is 2.18. The molecule has 17 heavy (non-hydrogen) atoms. The number of thiophene rings is 1. The third-order valence-corrected chi connectivity index (χ3v) is 4.79. The summed E-state index contributed by atoms with van der Waals surface area (Å²) in [4.78, 5) is 7.34. The molecule has 2 nitrogen and oxygen atoms in total. The van der Waals surface area contributed by atoms with E-state index in [2.05, 4.69) is 41.7 Å². The van der Waals surface area contributed by atoms with Crippen molar-refractivity contribution in [1.29, 1.82) is 0 Å². The van der Waals surface area contributed by atoms with Crippen LogP contribution in [0.15, 0.2) is 17.5 Å². The van der Waals surface area contributed by atoms with Gasteiger partial charge in [-0.25, -0.2) is 4.98 Å². The average molecular weight is 266 g/mol. The zero-order valence-corrected chi connectivity index (χ0v) is 12.0. The molecule has 4 heteroatoms. The predicted molar refractivity (Wildman–Crippen MR) is 76.2 cm³/mol. The summed E-state index contributed by atoms with van der Waals surface area (Å²) in [6.45, 7) is 6.31. The van der Waals surface area contributed by atoms with Crippen LogP contribution < -0.4 is 5.32 Å². The Bertz CT molecular complexity index is 426. The molecular weight excluding hydrogens is 248 g/mol. The van der Waals surface area contributed by atoms with Gasteiger partial charge in [0, 0.05) is 22.7 Å². The van der Waals surface area contributed by atoms with Gasteiger partial charge in [-0.15, -0.1) is 22.7 Å². The van der Waals surface area contributed by atoms with Gasteiger partial charge in [0.25, 0.3) is 0 Å². The Balaban J connectivity index is 1.63. The van der Waals surface area contributed by atoms with E-state index in [-0.39, 0.29) is 0 Å². The van der Waals surface area contributed by atoms with Gasteiger partial charge in [0.05, 0.1) is 10.7 Å². The van der Waals surface area contributed by atoms with Crippen LogP contribution in [0.2, 0.25) is 0 Å². The van der Waals surface area contributed by atoms with E-state index in [1.54, 1.807) is 0 Å². The molecule has 92 valence electrons. The van der Waals surface area contributed by atoms with Crippen molar-refractivity contribution in [1.82, 2.24) is 10.3 Å². The molecule has 2 aromatic heterocycles. The lowest BCUT2D eigenvalue weighted by molar-refractivity contribution is 0.683. The Kier molecular flexibility index (Phi) is 4.71. The van der Waals surface area contributed by atoms with E-state index < -0.39 is 0 Å². The van der Waals surface area contributed by atoms with Gasteiger partial charge in [-0.2, -0.15) is 0 Å². The monoisotopic (exact) mass is 266 g/mol. The maximum absolute atomic E-state index is 4.54. The minimum atomic E-state index is 1.03. The van der Waals surface area contributed by atoms with Crippen LogP contribution >= 0.6 is 22.7 Å². The summed E-state index contributed by atoms with van der Waals surface area (Å²) in [5, 5.41) is 6.86. The number of rotatable bonds is 6. The van der Waals surface area contributed by atoms with Gasteiger partial charge >= 0.3 is 0 Å². The summed E-state index contributed by atoms with van der Waals surface area (Å²) in [5.41, 5.74) is 1.18. The van der Waals surface area contributed by atoms with E-state index in [0.717, 1.165) is 25.9 Å². The van der Waals surface area contributed by atoms with Gasteiger partial charge in [-0.3, -0.25) is 0 Å². The highest BCUT2D eigenvalue weighted by Crippen LogP contribution is 2.16. The lowest BCUT2D eigenvalue weighted by atomic mass is 10.3. The lowest BCUT2D eigenvalue weighted by Gasteiger charge is -2.01. The molecule has 0 saturated heterocycles. The van der Waals surface area contributed by atoms with Gasteiger partial charge in [0.2, 0.25) is 0 Å². The van der Waals surface area contributed by atoms with Crippen molar-refractivity contribution < 1.29 is 0 Å². The largest absolute Gasteiger partial charge is 0.316 e. The van der Waals surface area contributed by atoms with Crippen molar-refractivity contribution in [2.24, 2.45) is 0 Å². The SMILES string of the molecule is Cc1nc(CCNCCc2cccs2)sc1C. The van der Waals surface area contributed by atoms with Gasteiger partial charge < -0.3 is 5.32 Å². The van der Waals surface area contributed by atoms with E-state index in [1.807, 2.05) is 22.7 Å². The molecule has 0 bridgehead atoms. The number of aryl methyl sites for hydroxylation is 2. The maximum Gasteiger partial charge on any atom is 0.0943 e. The van der Waals surface area contributed by atoms with Crippen molar-refractivity contribution in [2.45, 2.75) is 26.7 Å². The fourth-order valence-electron chi connectivity index (χ4n) is 1.63. The molecule has 0 aliphatic carbocycles. The van der Waals surface area contributed by atoms with Crippen LogP contribution in [0.5, 0.6) is 0 Å². The molecule has 0 aromatic carbocycles. The van der Waals surface area contributed by atoms with Crippen LogP contribution in [-0.4, -0.2) is 18.1 Å². The zero-order valence-electron chi connectivity index (χ0n) is 10.3. The summed E-state index contributed by atoms with van der Waals surface area (Å²) in [6, 6.07) is 4.31. The van der Waals surface area contributed by atoms with Crippen molar-refractivity contribution in [3.05, 3.63) is 38.0 Å². The number of hydrogen-bond donors (Lipinski definition) is 1. The maximum atomic E-state index is 4.54. The van der Waals surface area contributed by atoms with Gasteiger partial charge in [0.1, 0.15) is 0 Å². The van der Waals surface area contributed by atoms with Crippen molar-refractivity contribution in [2.75, 3.05) is 13.1 Å². The first-order valence-corrected chi connectivity index (χ1v) is 7.61. The Labute approximate surface area is 111 Å². The highest BCUT2D eigenvalue weighted by Gasteiger charge is 2.02. The molecule has 0 radical (unpaired) electrons. The summed E-state index contributed by atoms with van der Waals surface area (Å²) in [5.74, 6) is 0. The van der Waals surface area contributed by atoms with Gasteiger partial charge in [0.15, 0.2) is 0 Å². The molecular formula is C13H18N2S2. The summed E-state index contributed by atoms with van der Waals surface area (Å²) < 4.78 is 0. The van der Waals surface area contributed by atoms with Crippen LogP contribution in [0.1, 0.15) is 20.5 Å². The Hall–Kier alpha value is -0.710. The minimum absolute atomic E-state index is 1.03. The normalized spacial score (nSPS) is 10.9. The Morgan fingerprint density at radius 1 is 1.24 bits per heavy atom. The van der Waals surface area contributed by atoms with Crippen molar-refractivity contribution in [3.8, 4) is 0 Å². The average Bonchev–Trinajstić information content (AvgIpc) is 2.90. The van der Waals surface area contributed by atoms with E-state index >= 15 is 0 Å². The van der Waals surface area contributed by atoms with E-state index in [0.29, 0.717) is 0 Å². The van der Waals surface area contributed by atoms with Crippen LogP contribution in [0.4, 0.5) is 0 Å². The first kappa shape index (κ1) is 12.7. The second kappa shape index (κ2) is 6.28. The number of nitrogens with zero attached hydrogens (tertiary/aromatic N) is 1. The number of thiazole rings is 1. The van der Waals surface area contributed by atoms with E-state index in [1.165, 1.54) is 20.5 Å². The Morgan fingerprint density at radius 3 is 2.71 bits per heavy atom. The lowest BCUT2D eigenvalue weighted by Crippen LogP contribution is -2.19. The number of aromatic nitrogens is 1. The Morgan fingerprint density at radius 2 is 2.06 bits per heavy atom. The number of nitrogens with one attached hydrogen (secondary N) is 1. The third-order valence-electron chi connectivity index (χ3n) is 2.72. The highest BCUT2D eigenvalue weighted by atomic mass is 32.1. The molecule has 0 spiro atoms. The molecule has 2 aromatic rings. The molecule has 2 heterocycles. The van der Waals surface area contributed by atoms with Gasteiger partial charge in [-0.1, -0.05) is 6.07 Å². The molecule has 0 saturated carbocycles. The zero-order chi connectivity index (χ0) is 12.1. The second-order valence-corrected chi connectivity index (χ2v) is 6.40. The van der Waals surface area contributed by atoms with Crippen LogP contribution in [0, 0.1) is 13.8 Å². The minimum Gasteiger partial charge on any atom is -0.316 e. The number of hydrogen-bond acceptors (Lipinski definition) is 4.